The van der Waals surface area contributed by atoms with Crippen LogP contribution in [-0.2, 0) is 4.74 Å². The highest BCUT2D eigenvalue weighted by Crippen LogP contribution is 2.13. The molecule has 1 N–H and O–H groups in total. The van der Waals surface area contributed by atoms with Crippen LogP contribution in [0.25, 0.3) is 0 Å². The first-order valence-electron chi connectivity index (χ1n) is 4.36. The Hall–Kier alpha value is -1.01. The number of halogens is 2. The van der Waals surface area contributed by atoms with Gasteiger partial charge in [-0.3, -0.25) is 4.79 Å². The lowest BCUT2D eigenvalue weighted by molar-refractivity contribution is -0.00353. The van der Waals surface area contributed by atoms with E-state index in [1.54, 1.807) is 0 Å². The van der Waals surface area contributed by atoms with Gasteiger partial charge in [0.05, 0.1) is 31.0 Å². The fraction of sp³-hybridized carbons (Fsp3) is 0.333. The van der Waals surface area contributed by atoms with Crippen LogP contribution < -0.4 is 5.32 Å². The van der Waals surface area contributed by atoms with Crippen molar-refractivity contribution < 1.29 is 13.9 Å². The summed E-state index contributed by atoms with van der Waals surface area (Å²) < 4.78 is 18.5. The highest BCUT2D eigenvalue weighted by molar-refractivity contribution is 9.10. The highest BCUT2D eigenvalue weighted by atomic mass is 79.9. The van der Waals surface area contributed by atoms with Gasteiger partial charge in [0, 0.05) is 0 Å². The van der Waals surface area contributed by atoms with Gasteiger partial charge in [-0.2, -0.15) is 0 Å². The summed E-state index contributed by atoms with van der Waals surface area (Å²) in [5.41, 5.74) is -0.0104. The number of nitrogens with one attached hydrogen (secondary N) is 1. The Kier molecular flexibility index (Phi) is 2.97. The summed E-state index contributed by atoms with van der Waals surface area (Å²) >= 11 is 3.08. The van der Waals surface area contributed by atoms with Gasteiger partial charge in [-0.15, -0.1) is 0 Å². The molecule has 80 valence electrons. The van der Waals surface area contributed by atoms with Crippen molar-refractivity contribution in [2.24, 2.45) is 0 Å². The number of nitrogens with zero attached hydrogens (tertiary/aromatic N) is 1. The quantitative estimate of drug-likeness (QED) is 0.823. The van der Waals surface area contributed by atoms with E-state index in [0.717, 1.165) is 6.20 Å². The fourth-order valence-electron chi connectivity index (χ4n) is 1.17. The summed E-state index contributed by atoms with van der Waals surface area (Å²) in [4.78, 5) is 15.2. The average molecular weight is 275 g/mol. The van der Waals surface area contributed by atoms with Crippen molar-refractivity contribution in [1.82, 2.24) is 10.3 Å². The largest absolute Gasteiger partial charge is 0.377 e. The van der Waals surface area contributed by atoms with Gasteiger partial charge in [0.1, 0.15) is 4.60 Å². The van der Waals surface area contributed by atoms with Crippen LogP contribution in [0.1, 0.15) is 10.4 Å². The lowest BCUT2D eigenvalue weighted by atomic mass is 10.2. The first kappa shape index (κ1) is 10.5. The van der Waals surface area contributed by atoms with E-state index in [9.17, 15) is 9.18 Å². The zero-order chi connectivity index (χ0) is 10.8. The number of rotatable bonds is 2. The molecule has 1 aromatic heterocycles. The predicted octanol–water partition coefficient (Wildman–Crippen LogP) is 1.11. The number of carbonyl (C=O) groups excluding carboxylic acids is 1. The molecular formula is C9H8BrFN2O2. The maximum atomic E-state index is 13.2. The van der Waals surface area contributed by atoms with Gasteiger partial charge in [0.2, 0.25) is 0 Å². The van der Waals surface area contributed by atoms with Crippen LogP contribution >= 0.6 is 15.9 Å². The summed E-state index contributed by atoms with van der Waals surface area (Å²) in [5.74, 6) is -1.07. The molecule has 0 atom stereocenters. The van der Waals surface area contributed by atoms with E-state index < -0.39 is 11.7 Å². The predicted molar refractivity (Wildman–Crippen MR) is 54.0 cm³/mol. The Morgan fingerprint density at radius 1 is 1.67 bits per heavy atom. The minimum Gasteiger partial charge on any atom is -0.377 e. The molecule has 4 nitrogen and oxygen atoms in total. The SMILES string of the molecule is O=C(NC1COC1)c1cc(Br)ncc1F. The molecular weight excluding hydrogens is 267 g/mol. The van der Waals surface area contributed by atoms with Gasteiger partial charge in [0.25, 0.3) is 5.91 Å². The molecule has 2 rings (SSSR count). The molecule has 6 heteroatoms. The third-order valence-electron chi connectivity index (χ3n) is 2.04. The summed E-state index contributed by atoms with van der Waals surface area (Å²) in [5, 5.41) is 2.65. The van der Waals surface area contributed by atoms with Crippen LogP contribution in [0.3, 0.4) is 0 Å². The van der Waals surface area contributed by atoms with Crippen molar-refractivity contribution in [1.29, 1.82) is 0 Å². The normalized spacial score (nSPS) is 15.9. The van der Waals surface area contributed by atoms with Crippen molar-refractivity contribution in [2.45, 2.75) is 6.04 Å². The minimum atomic E-state index is -0.629. The number of hydrogen-bond donors (Lipinski definition) is 1. The van der Waals surface area contributed by atoms with E-state index in [-0.39, 0.29) is 11.6 Å². The Morgan fingerprint density at radius 3 is 3.00 bits per heavy atom. The van der Waals surface area contributed by atoms with Crippen molar-refractivity contribution >= 4 is 21.8 Å². The van der Waals surface area contributed by atoms with Crippen LogP contribution in [0.2, 0.25) is 0 Å². The molecule has 1 saturated heterocycles. The van der Waals surface area contributed by atoms with E-state index >= 15 is 0 Å². The molecule has 0 spiro atoms. The van der Waals surface area contributed by atoms with Gasteiger partial charge >= 0.3 is 0 Å². The standard InChI is InChI=1S/C9H8BrFN2O2/c10-8-1-6(7(11)2-12-8)9(14)13-5-3-15-4-5/h1-2,5H,3-4H2,(H,13,14). The zero-order valence-electron chi connectivity index (χ0n) is 7.67. The topological polar surface area (TPSA) is 51.2 Å². The monoisotopic (exact) mass is 274 g/mol. The third-order valence-corrected chi connectivity index (χ3v) is 2.47. The molecule has 1 aliphatic heterocycles. The summed E-state index contributed by atoms with van der Waals surface area (Å²) in [7, 11) is 0. The molecule has 0 aliphatic carbocycles. The molecule has 0 saturated carbocycles. The van der Waals surface area contributed by atoms with E-state index in [2.05, 4.69) is 26.2 Å². The minimum absolute atomic E-state index is 0.0103. The molecule has 1 aromatic rings. The number of hydrogen-bond acceptors (Lipinski definition) is 3. The molecule has 0 radical (unpaired) electrons. The Balaban J connectivity index is 2.12. The lowest BCUT2D eigenvalue weighted by Crippen LogP contribution is -2.48. The highest BCUT2D eigenvalue weighted by Gasteiger charge is 2.22. The van der Waals surface area contributed by atoms with Gasteiger partial charge in [-0.05, 0) is 22.0 Å². The second-order valence-corrected chi connectivity index (χ2v) is 4.01. The smallest absolute Gasteiger partial charge is 0.254 e. The second kappa shape index (κ2) is 4.24. The second-order valence-electron chi connectivity index (χ2n) is 3.19. The summed E-state index contributed by atoms with van der Waals surface area (Å²) in [6.07, 6.45) is 1.01. The van der Waals surface area contributed by atoms with Crippen molar-refractivity contribution in [3.05, 3.63) is 28.2 Å². The molecule has 1 amide bonds. The maximum absolute atomic E-state index is 13.2. The number of carbonyl (C=O) groups is 1. The number of ether oxygens (including phenoxy) is 1. The Morgan fingerprint density at radius 2 is 2.40 bits per heavy atom. The summed E-state index contributed by atoms with van der Waals surface area (Å²) in [6, 6.07) is 1.34. The molecule has 0 aromatic carbocycles. The third kappa shape index (κ3) is 2.32. The molecule has 0 bridgehead atoms. The number of aromatic nitrogens is 1. The molecule has 15 heavy (non-hydrogen) atoms. The molecule has 2 heterocycles. The van der Waals surface area contributed by atoms with Crippen LogP contribution in [0.4, 0.5) is 4.39 Å². The molecule has 1 fully saturated rings. The Bertz CT molecular complexity index is 396. The number of amides is 1. The summed E-state index contributed by atoms with van der Waals surface area (Å²) in [6.45, 7) is 0.971. The van der Waals surface area contributed by atoms with Crippen LogP contribution in [0.5, 0.6) is 0 Å². The van der Waals surface area contributed by atoms with Crippen LogP contribution in [0.15, 0.2) is 16.9 Å². The first-order valence-corrected chi connectivity index (χ1v) is 5.16. The van der Waals surface area contributed by atoms with E-state index in [1.807, 2.05) is 0 Å². The van der Waals surface area contributed by atoms with E-state index in [0.29, 0.717) is 17.8 Å². The van der Waals surface area contributed by atoms with Gasteiger partial charge in [0.15, 0.2) is 5.82 Å². The van der Waals surface area contributed by atoms with Crippen molar-refractivity contribution in [3.63, 3.8) is 0 Å². The lowest BCUT2D eigenvalue weighted by Gasteiger charge is -2.26. The number of pyridine rings is 1. The van der Waals surface area contributed by atoms with Crippen molar-refractivity contribution in [3.8, 4) is 0 Å². The molecule has 0 unspecified atom stereocenters. The van der Waals surface area contributed by atoms with Gasteiger partial charge < -0.3 is 10.1 Å². The first-order chi connectivity index (χ1) is 7.16. The van der Waals surface area contributed by atoms with Gasteiger partial charge in [-0.1, -0.05) is 0 Å². The Labute approximate surface area is 94.0 Å². The van der Waals surface area contributed by atoms with Crippen LogP contribution in [0, 0.1) is 5.82 Å². The van der Waals surface area contributed by atoms with Crippen molar-refractivity contribution in [2.75, 3.05) is 13.2 Å². The van der Waals surface area contributed by atoms with Gasteiger partial charge in [-0.25, -0.2) is 9.37 Å². The van der Waals surface area contributed by atoms with E-state index in [4.69, 9.17) is 4.74 Å². The van der Waals surface area contributed by atoms with E-state index in [1.165, 1.54) is 6.07 Å². The van der Waals surface area contributed by atoms with Crippen LogP contribution in [-0.4, -0.2) is 30.1 Å². The maximum Gasteiger partial charge on any atom is 0.254 e. The zero-order valence-corrected chi connectivity index (χ0v) is 9.25. The molecule has 1 aliphatic rings. The fourth-order valence-corrected chi connectivity index (χ4v) is 1.50. The average Bonchev–Trinajstić information content (AvgIpc) is 2.15.